The molecule has 0 fully saturated rings. The first-order chi connectivity index (χ1) is 19.3. The Kier molecular flexibility index (Phi) is 9.61. The number of para-hydroxylation sites is 1. The number of thioether (sulfide) groups is 1. The summed E-state index contributed by atoms with van der Waals surface area (Å²) >= 11 is 4.55. The van der Waals surface area contributed by atoms with Gasteiger partial charge in [-0.1, -0.05) is 39.8 Å². The van der Waals surface area contributed by atoms with Gasteiger partial charge in [-0.15, -0.1) is 10.2 Å². The molecular formula is C27H25BrFN5O5S. The molecule has 208 valence electrons. The van der Waals surface area contributed by atoms with Gasteiger partial charge in [-0.3, -0.25) is 14.2 Å². The zero-order chi connectivity index (χ0) is 28.6. The smallest absolute Gasteiger partial charge is 0.251 e. The lowest BCUT2D eigenvalue weighted by atomic mass is 10.1. The molecule has 4 aromatic rings. The van der Waals surface area contributed by atoms with E-state index in [1.165, 1.54) is 33.5 Å². The predicted molar refractivity (Wildman–Crippen MR) is 152 cm³/mol. The van der Waals surface area contributed by atoms with E-state index in [0.717, 1.165) is 21.9 Å². The number of ether oxygens (including phenoxy) is 3. The number of halogens is 2. The Morgan fingerprint density at radius 1 is 0.975 bits per heavy atom. The van der Waals surface area contributed by atoms with Crippen LogP contribution >= 0.6 is 27.7 Å². The highest BCUT2D eigenvalue weighted by Gasteiger charge is 2.20. The highest BCUT2D eigenvalue weighted by Crippen LogP contribution is 2.38. The minimum atomic E-state index is -0.524. The van der Waals surface area contributed by atoms with Gasteiger partial charge < -0.3 is 24.8 Å². The molecule has 3 aromatic carbocycles. The molecule has 2 amide bonds. The van der Waals surface area contributed by atoms with E-state index in [9.17, 15) is 14.0 Å². The number of methoxy groups -OCH3 is 3. The summed E-state index contributed by atoms with van der Waals surface area (Å²) in [5.41, 5.74) is 1.11. The van der Waals surface area contributed by atoms with Crippen molar-refractivity contribution in [3.8, 4) is 22.9 Å². The van der Waals surface area contributed by atoms with Crippen LogP contribution in [0.2, 0.25) is 0 Å². The summed E-state index contributed by atoms with van der Waals surface area (Å²) < 4.78 is 32.5. The fraction of sp³-hybridized carbons (Fsp3) is 0.185. The van der Waals surface area contributed by atoms with Crippen molar-refractivity contribution < 1.29 is 28.2 Å². The van der Waals surface area contributed by atoms with Crippen LogP contribution in [0.1, 0.15) is 16.2 Å². The molecule has 0 bridgehead atoms. The molecular weight excluding hydrogens is 605 g/mol. The number of nitrogens with one attached hydrogen (secondary N) is 2. The van der Waals surface area contributed by atoms with Crippen molar-refractivity contribution in [2.24, 2.45) is 0 Å². The summed E-state index contributed by atoms with van der Waals surface area (Å²) in [6.07, 6.45) is 0. The number of carbonyl (C=O) groups is 2. The van der Waals surface area contributed by atoms with Gasteiger partial charge in [0, 0.05) is 15.7 Å². The molecule has 0 radical (unpaired) electrons. The van der Waals surface area contributed by atoms with Crippen molar-refractivity contribution in [2.75, 3.05) is 32.4 Å². The highest BCUT2D eigenvalue weighted by atomic mass is 79.9. The molecule has 0 saturated heterocycles. The first kappa shape index (κ1) is 28.9. The van der Waals surface area contributed by atoms with Gasteiger partial charge >= 0.3 is 0 Å². The molecule has 0 saturated carbocycles. The summed E-state index contributed by atoms with van der Waals surface area (Å²) in [4.78, 5) is 25.6. The van der Waals surface area contributed by atoms with Crippen LogP contribution in [0.15, 0.2) is 70.3 Å². The Labute approximate surface area is 242 Å². The van der Waals surface area contributed by atoms with Gasteiger partial charge in [-0.05, 0) is 48.5 Å². The average molecular weight is 630 g/mol. The summed E-state index contributed by atoms with van der Waals surface area (Å²) in [5, 5.41) is 14.3. The van der Waals surface area contributed by atoms with Crippen LogP contribution in [-0.4, -0.2) is 53.7 Å². The lowest BCUT2D eigenvalue weighted by Crippen LogP contribution is -2.25. The fourth-order valence-electron chi connectivity index (χ4n) is 3.71. The normalized spacial score (nSPS) is 10.6. The molecule has 4 rings (SSSR count). The third-order valence-electron chi connectivity index (χ3n) is 5.60. The van der Waals surface area contributed by atoms with Crippen LogP contribution in [0.4, 0.5) is 10.1 Å². The number of carbonyl (C=O) groups excluding carboxylic acids is 2. The van der Waals surface area contributed by atoms with Crippen molar-refractivity contribution >= 4 is 45.2 Å². The molecule has 0 aliphatic rings. The minimum Gasteiger partial charge on any atom is -0.493 e. The van der Waals surface area contributed by atoms with E-state index in [0.29, 0.717) is 33.8 Å². The van der Waals surface area contributed by atoms with E-state index in [4.69, 9.17) is 14.2 Å². The highest BCUT2D eigenvalue weighted by molar-refractivity contribution is 9.10. The predicted octanol–water partition coefficient (Wildman–Crippen LogP) is 4.86. The molecule has 10 nitrogen and oxygen atoms in total. The molecule has 1 aromatic heterocycles. The largest absolute Gasteiger partial charge is 0.493 e. The van der Waals surface area contributed by atoms with Crippen LogP contribution < -0.4 is 24.8 Å². The average Bonchev–Trinajstić information content (AvgIpc) is 3.38. The van der Waals surface area contributed by atoms with Crippen LogP contribution in [0.25, 0.3) is 5.69 Å². The number of anilines is 1. The fourth-order valence-corrected chi connectivity index (χ4v) is 4.75. The molecule has 40 heavy (non-hydrogen) atoms. The quantitative estimate of drug-likeness (QED) is 0.226. The third kappa shape index (κ3) is 6.72. The number of nitrogens with zero attached hydrogens (tertiary/aromatic N) is 3. The Balaban J connectivity index is 1.54. The number of hydrogen-bond donors (Lipinski definition) is 2. The van der Waals surface area contributed by atoms with Gasteiger partial charge in [0.25, 0.3) is 5.91 Å². The Hall–Kier alpha value is -4.10. The first-order valence-electron chi connectivity index (χ1n) is 11.8. The number of hydrogen-bond acceptors (Lipinski definition) is 8. The number of amides is 2. The number of aromatic nitrogens is 3. The Bertz CT molecular complexity index is 1490. The lowest BCUT2D eigenvalue weighted by molar-refractivity contribution is -0.113. The molecule has 13 heteroatoms. The molecule has 0 spiro atoms. The maximum absolute atomic E-state index is 13.9. The van der Waals surface area contributed by atoms with Gasteiger partial charge in [0.1, 0.15) is 5.82 Å². The lowest BCUT2D eigenvalue weighted by Gasteiger charge is -2.14. The summed E-state index contributed by atoms with van der Waals surface area (Å²) in [6, 6.07) is 16.4. The molecule has 0 atom stereocenters. The van der Waals surface area contributed by atoms with Crippen molar-refractivity contribution in [1.82, 2.24) is 20.1 Å². The second-order valence-corrected chi connectivity index (χ2v) is 9.98. The van der Waals surface area contributed by atoms with Crippen LogP contribution in [0, 0.1) is 5.82 Å². The zero-order valence-electron chi connectivity index (χ0n) is 21.7. The molecule has 0 aliphatic carbocycles. The first-order valence-corrected chi connectivity index (χ1v) is 13.6. The van der Waals surface area contributed by atoms with E-state index in [2.05, 4.69) is 36.8 Å². The van der Waals surface area contributed by atoms with Crippen LogP contribution in [0.5, 0.6) is 17.2 Å². The molecule has 0 aliphatic heterocycles. The maximum Gasteiger partial charge on any atom is 0.251 e. The third-order valence-corrected chi connectivity index (χ3v) is 7.06. The second-order valence-electron chi connectivity index (χ2n) is 8.12. The van der Waals surface area contributed by atoms with Gasteiger partial charge in [0.15, 0.2) is 22.5 Å². The van der Waals surface area contributed by atoms with Crippen molar-refractivity contribution in [2.45, 2.75) is 11.7 Å². The number of benzene rings is 3. The molecule has 1 heterocycles. The van der Waals surface area contributed by atoms with E-state index in [1.807, 2.05) is 24.3 Å². The Morgan fingerprint density at radius 3 is 2.27 bits per heavy atom. The van der Waals surface area contributed by atoms with E-state index >= 15 is 0 Å². The topological polar surface area (TPSA) is 117 Å². The molecule has 2 N–H and O–H groups in total. The summed E-state index contributed by atoms with van der Waals surface area (Å²) in [7, 11) is 4.42. The zero-order valence-corrected chi connectivity index (χ0v) is 24.1. The Morgan fingerprint density at radius 2 is 1.65 bits per heavy atom. The van der Waals surface area contributed by atoms with Gasteiger partial charge in [-0.25, -0.2) is 4.39 Å². The molecule has 0 unspecified atom stereocenters. The summed E-state index contributed by atoms with van der Waals surface area (Å²) in [6.45, 7) is 0.0283. The van der Waals surface area contributed by atoms with Gasteiger partial charge in [-0.2, -0.15) is 0 Å². The monoisotopic (exact) mass is 629 g/mol. The maximum atomic E-state index is 13.9. The van der Waals surface area contributed by atoms with Gasteiger partial charge in [0.2, 0.25) is 11.7 Å². The van der Waals surface area contributed by atoms with Crippen molar-refractivity contribution in [3.63, 3.8) is 0 Å². The van der Waals surface area contributed by atoms with Crippen molar-refractivity contribution in [3.05, 3.63) is 82.3 Å². The van der Waals surface area contributed by atoms with E-state index in [1.54, 1.807) is 28.8 Å². The minimum absolute atomic E-state index is 0.0283. The number of rotatable bonds is 11. The SMILES string of the molecule is COc1cc(C(=O)NCc2nnc(SCC(=O)Nc3ccccc3F)n2-c2ccc(Br)cc2)cc(OC)c1OC. The summed E-state index contributed by atoms with van der Waals surface area (Å²) in [5.74, 6) is 0.123. The van der Waals surface area contributed by atoms with Crippen molar-refractivity contribution in [1.29, 1.82) is 0 Å². The standard InChI is InChI=1S/C27H25BrFN5O5S/c1-37-21-12-16(13-22(38-2)25(21)39-3)26(36)30-14-23-32-33-27(34(23)18-10-8-17(28)9-11-18)40-15-24(35)31-20-7-5-4-6-19(20)29/h4-13H,14-15H2,1-3H3,(H,30,36)(H,31,35). The van der Waals surface area contributed by atoms with E-state index in [-0.39, 0.29) is 18.0 Å². The van der Waals surface area contributed by atoms with E-state index < -0.39 is 17.6 Å². The van der Waals surface area contributed by atoms with Gasteiger partial charge in [0.05, 0.1) is 39.3 Å². The second kappa shape index (κ2) is 13.3. The van der Waals surface area contributed by atoms with Crippen LogP contribution in [0.3, 0.4) is 0 Å². The van der Waals surface area contributed by atoms with Crippen LogP contribution in [-0.2, 0) is 11.3 Å².